The molecule has 0 nitrogen and oxygen atoms in total. The SMILES string of the molecule is C[C@@H]1C=C[C@H]1C. The summed E-state index contributed by atoms with van der Waals surface area (Å²) in [5, 5.41) is 0. The molecule has 0 bridgehead atoms. The van der Waals surface area contributed by atoms with E-state index in [0.717, 1.165) is 11.8 Å². The van der Waals surface area contributed by atoms with Gasteiger partial charge in [0, 0.05) is 0 Å². The molecule has 0 aromatic rings. The van der Waals surface area contributed by atoms with E-state index in [1.54, 1.807) is 0 Å². The standard InChI is InChI=1S/C6H10/c1-5-3-4-6(5)2/h3-6H,1-2H3/t5-,6-/m1/s1. The van der Waals surface area contributed by atoms with Gasteiger partial charge < -0.3 is 0 Å². The van der Waals surface area contributed by atoms with Crippen LogP contribution in [-0.4, -0.2) is 0 Å². The van der Waals surface area contributed by atoms with Gasteiger partial charge in [0.15, 0.2) is 0 Å². The molecule has 0 amide bonds. The number of rotatable bonds is 0. The van der Waals surface area contributed by atoms with Crippen LogP contribution in [0.3, 0.4) is 0 Å². The fraction of sp³-hybridized carbons (Fsp3) is 0.667. The average Bonchev–Trinajstić information content (AvgIpc) is 1.61. The Morgan fingerprint density at radius 1 is 1.00 bits per heavy atom. The third-order valence-corrected chi connectivity index (χ3v) is 1.55. The lowest BCUT2D eigenvalue weighted by Crippen LogP contribution is -2.09. The highest BCUT2D eigenvalue weighted by molar-refractivity contribution is 5.04. The molecule has 34 valence electrons. The molecule has 0 spiro atoms. The summed E-state index contributed by atoms with van der Waals surface area (Å²) in [6.45, 7) is 4.48. The summed E-state index contributed by atoms with van der Waals surface area (Å²) in [4.78, 5) is 0. The maximum atomic E-state index is 2.24. The Kier molecular flexibility index (Phi) is 0.722. The summed E-state index contributed by atoms with van der Waals surface area (Å²) in [6, 6.07) is 0. The third-order valence-electron chi connectivity index (χ3n) is 1.55. The Balaban J connectivity index is 2.45. The van der Waals surface area contributed by atoms with Crippen molar-refractivity contribution in [2.24, 2.45) is 11.8 Å². The number of allylic oxidation sites excluding steroid dienone is 2. The molecule has 0 heteroatoms. The second-order valence-corrected chi connectivity index (χ2v) is 2.10. The van der Waals surface area contributed by atoms with Crippen molar-refractivity contribution in [3.63, 3.8) is 0 Å². The fourth-order valence-corrected chi connectivity index (χ4v) is 0.556. The van der Waals surface area contributed by atoms with Gasteiger partial charge >= 0.3 is 0 Å². The van der Waals surface area contributed by atoms with E-state index in [4.69, 9.17) is 0 Å². The summed E-state index contributed by atoms with van der Waals surface area (Å²) in [5.74, 6) is 1.70. The Labute approximate surface area is 38.9 Å². The highest BCUT2D eigenvalue weighted by Gasteiger charge is 2.11. The Morgan fingerprint density at radius 2 is 1.33 bits per heavy atom. The molecule has 0 aromatic heterocycles. The normalized spacial score (nSPS) is 42.3. The predicted octanol–water partition coefficient (Wildman–Crippen LogP) is 1.83. The molecule has 6 heavy (non-hydrogen) atoms. The first-order chi connectivity index (χ1) is 2.80. The minimum atomic E-state index is 0.852. The van der Waals surface area contributed by atoms with Gasteiger partial charge in [-0.3, -0.25) is 0 Å². The van der Waals surface area contributed by atoms with Crippen LogP contribution >= 0.6 is 0 Å². The van der Waals surface area contributed by atoms with Crippen molar-refractivity contribution >= 4 is 0 Å². The molecule has 0 aromatic carbocycles. The van der Waals surface area contributed by atoms with Crippen LogP contribution in [0.2, 0.25) is 0 Å². The van der Waals surface area contributed by atoms with Crippen molar-refractivity contribution in [1.82, 2.24) is 0 Å². The van der Waals surface area contributed by atoms with Crippen LogP contribution in [0.25, 0.3) is 0 Å². The van der Waals surface area contributed by atoms with Gasteiger partial charge in [-0.1, -0.05) is 26.0 Å². The zero-order chi connectivity index (χ0) is 4.57. The van der Waals surface area contributed by atoms with Crippen LogP contribution in [0, 0.1) is 11.8 Å². The molecule has 0 N–H and O–H groups in total. The van der Waals surface area contributed by atoms with Crippen molar-refractivity contribution in [2.75, 3.05) is 0 Å². The van der Waals surface area contributed by atoms with Crippen LogP contribution in [0.5, 0.6) is 0 Å². The van der Waals surface area contributed by atoms with Crippen LogP contribution < -0.4 is 0 Å². The van der Waals surface area contributed by atoms with Gasteiger partial charge in [0.2, 0.25) is 0 Å². The van der Waals surface area contributed by atoms with E-state index in [1.165, 1.54) is 0 Å². The van der Waals surface area contributed by atoms with Gasteiger partial charge in [0.05, 0.1) is 0 Å². The van der Waals surface area contributed by atoms with E-state index >= 15 is 0 Å². The Morgan fingerprint density at radius 3 is 1.33 bits per heavy atom. The molecule has 0 radical (unpaired) electrons. The largest absolute Gasteiger partial charge is 0.0848 e. The third kappa shape index (κ3) is 0.368. The molecule has 0 saturated carbocycles. The van der Waals surface area contributed by atoms with E-state index in [9.17, 15) is 0 Å². The van der Waals surface area contributed by atoms with E-state index in [2.05, 4.69) is 26.0 Å². The maximum absolute atomic E-state index is 2.24. The monoisotopic (exact) mass is 82.1 g/mol. The van der Waals surface area contributed by atoms with Gasteiger partial charge in [0.25, 0.3) is 0 Å². The quantitative estimate of drug-likeness (QED) is 0.391. The minimum absolute atomic E-state index is 0.852. The molecule has 0 fully saturated rings. The molecule has 1 aliphatic carbocycles. The van der Waals surface area contributed by atoms with E-state index in [-0.39, 0.29) is 0 Å². The molecule has 0 unspecified atom stereocenters. The first-order valence-corrected chi connectivity index (χ1v) is 2.49. The van der Waals surface area contributed by atoms with E-state index in [0.29, 0.717) is 0 Å². The lowest BCUT2D eigenvalue weighted by Gasteiger charge is -2.20. The zero-order valence-corrected chi connectivity index (χ0v) is 4.31. The maximum Gasteiger partial charge on any atom is -0.0201 e. The van der Waals surface area contributed by atoms with Crippen molar-refractivity contribution in [2.45, 2.75) is 13.8 Å². The van der Waals surface area contributed by atoms with Crippen molar-refractivity contribution in [1.29, 1.82) is 0 Å². The number of hydrogen-bond acceptors (Lipinski definition) is 0. The molecule has 1 rings (SSSR count). The molecule has 1 aliphatic rings. The molecule has 0 heterocycles. The Hall–Kier alpha value is -0.260. The second kappa shape index (κ2) is 1.11. The molecule has 0 aliphatic heterocycles. The average molecular weight is 82.1 g/mol. The van der Waals surface area contributed by atoms with E-state index < -0.39 is 0 Å². The Bertz CT molecular complexity index is 62.1. The minimum Gasteiger partial charge on any atom is -0.0848 e. The molecule has 2 atom stereocenters. The lowest BCUT2D eigenvalue weighted by molar-refractivity contribution is 0.501. The highest BCUT2D eigenvalue weighted by atomic mass is 14.2. The van der Waals surface area contributed by atoms with Gasteiger partial charge in [-0.25, -0.2) is 0 Å². The van der Waals surface area contributed by atoms with Crippen molar-refractivity contribution in [3.8, 4) is 0 Å². The molecular weight excluding hydrogens is 72.1 g/mol. The van der Waals surface area contributed by atoms with Gasteiger partial charge in [-0.2, -0.15) is 0 Å². The summed E-state index contributed by atoms with van der Waals surface area (Å²) in [6.07, 6.45) is 4.48. The molecular formula is C6H10. The van der Waals surface area contributed by atoms with Gasteiger partial charge in [0.1, 0.15) is 0 Å². The fourth-order valence-electron chi connectivity index (χ4n) is 0.556. The smallest absolute Gasteiger partial charge is 0.0201 e. The lowest BCUT2D eigenvalue weighted by atomic mass is 9.86. The van der Waals surface area contributed by atoms with Crippen LogP contribution in [-0.2, 0) is 0 Å². The molecule has 0 saturated heterocycles. The highest BCUT2D eigenvalue weighted by Crippen LogP contribution is 2.22. The van der Waals surface area contributed by atoms with Crippen LogP contribution in [0.15, 0.2) is 12.2 Å². The topological polar surface area (TPSA) is 0 Å². The van der Waals surface area contributed by atoms with Gasteiger partial charge in [-0.05, 0) is 11.8 Å². The first-order valence-electron chi connectivity index (χ1n) is 2.49. The predicted molar refractivity (Wildman–Crippen MR) is 27.5 cm³/mol. The summed E-state index contributed by atoms with van der Waals surface area (Å²) < 4.78 is 0. The first kappa shape index (κ1) is 3.91. The summed E-state index contributed by atoms with van der Waals surface area (Å²) in [5.41, 5.74) is 0. The summed E-state index contributed by atoms with van der Waals surface area (Å²) in [7, 11) is 0. The van der Waals surface area contributed by atoms with Crippen molar-refractivity contribution < 1.29 is 0 Å². The van der Waals surface area contributed by atoms with Gasteiger partial charge in [-0.15, -0.1) is 0 Å². The summed E-state index contributed by atoms with van der Waals surface area (Å²) >= 11 is 0. The second-order valence-electron chi connectivity index (χ2n) is 2.10. The van der Waals surface area contributed by atoms with Crippen LogP contribution in [0.1, 0.15) is 13.8 Å². The van der Waals surface area contributed by atoms with Crippen LogP contribution in [0.4, 0.5) is 0 Å². The van der Waals surface area contributed by atoms with Crippen molar-refractivity contribution in [3.05, 3.63) is 12.2 Å². The zero-order valence-electron chi connectivity index (χ0n) is 4.31. The number of hydrogen-bond donors (Lipinski definition) is 0. The van der Waals surface area contributed by atoms with E-state index in [1.807, 2.05) is 0 Å².